The number of hydrogen-bond acceptors (Lipinski definition) is 3. The Kier molecular flexibility index (Phi) is 6.79. The lowest BCUT2D eigenvalue weighted by molar-refractivity contribution is 0.558. The van der Waals surface area contributed by atoms with E-state index in [-0.39, 0.29) is 0 Å². The summed E-state index contributed by atoms with van der Waals surface area (Å²) in [6, 6.07) is 42.7. The Balaban J connectivity index is 1.92. The fraction of sp³-hybridized carbons (Fsp3) is 0.129. The summed E-state index contributed by atoms with van der Waals surface area (Å²) in [5.41, 5.74) is 2.00. The van der Waals surface area contributed by atoms with Gasteiger partial charge in [0.15, 0.2) is 7.26 Å². The van der Waals surface area contributed by atoms with Gasteiger partial charge in [-0.2, -0.15) is 4.98 Å². The first-order valence-corrected chi connectivity index (χ1v) is 14.0. The molecule has 4 heteroatoms. The fourth-order valence-electron chi connectivity index (χ4n) is 4.71. The first kappa shape index (κ1) is 23.1. The molecule has 4 aromatic carbocycles. The third-order valence-corrected chi connectivity index (χ3v) is 10.6. The van der Waals surface area contributed by atoms with Crippen LogP contribution in [-0.4, -0.2) is 18.1 Å². The zero-order valence-corrected chi connectivity index (χ0v) is 21.1. The molecule has 5 rings (SSSR count). The molecule has 0 fully saturated rings. The molecule has 1 aromatic heterocycles. The van der Waals surface area contributed by atoms with Crippen molar-refractivity contribution in [3.63, 3.8) is 0 Å². The molecule has 0 saturated carbocycles. The van der Waals surface area contributed by atoms with Gasteiger partial charge >= 0.3 is 0 Å². The van der Waals surface area contributed by atoms with Crippen molar-refractivity contribution >= 4 is 34.5 Å². The molecule has 0 aliphatic carbocycles. The van der Waals surface area contributed by atoms with Crippen LogP contribution in [0.25, 0.3) is 11.5 Å². The first-order valence-electron chi connectivity index (χ1n) is 12.2. The summed E-state index contributed by atoms with van der Waals surface area (Å²) in [6.45, 7) is 6.02. The number of rotatable bonds is 8. The second-order valence-electron chi connectivity index (χ2n) is 8.36. The smallest absolute Gasteiger partial charge is 0.262 e. The lowest BCUT2D eigenvalue weighted by atomic mass is 10.2. The Hall–Kier alpha value is -3.68. The van der Waals surface area contributed by atoms with E-state index in [0.717, 1.165) is 30.0 Å². The molecule has 0 unspecified atom stereocenters. The van der Waals surface area contributed by atoms with Gasteiger partial charge in [-0.15, -0.1) is 0 Å². The van der Waals surface area contributed by atoms with Crippen LogP contribution in [0.5, 0.6) is 0 Å². The maximum Gasteiger partial charge on any atom is 0.262 e. The SMILES string of the molecule is CCN(CC)c1oc(-c2ccccc2)nc1[P+](c1ccccc1)(c1ccccc1)c1ccccc1. The van der Waals surface area contributed by atoms with Gasteiger partial charge in [-0.3, -0.25) is 0 Å². The van der Waals surface area contributed by atoms with Gasteiger partial charge in [0.05, 0.1) is 0 Å². The van der Waals surface area contributed by atoms with Crippen LogP contribution in [0.2, 0.25) is 0 Å². The molecular formula is C31H30N2OP+. The number of nitrogens with zero attached hydrogens (tertiary/aromatic N) is 2. The molecule has 0 aliphatic heterocycles. The number of oxazole rings is 1. The average molecular weight is 478 g/mol. The highest BCUT2D eigenvalue weighted by Gasteiger charge is 2.53. The van der Waals surface area contributed by atoms with Crippen molar-refractivity contribution in [2.75, 3.05) is 18.0 Å². The van der Waals surface area contributed by atoms with E-state index in [1.54, 1.807) is 0 Å². The monoisotopic (exact) mass is 477 g/mol. The molecule has 174 valence electrons. The first-order chi connectivity index (χ1) is 17.3. The van der Waals surface area contributed by atoms with Crippen LogP contribution in [0.15, 0.2) is 126 Å². The normalized spacial score (nSPS) is 11.4. The predicted octanol–water partition coefficient (Wildman–Crippen LogP) is 5.81. The van der Waals surface area contributed by atoms with Crippen molar-refractivity contribution in [3.05, 3.63) is 121 Å². The minimum Gasteiger partial charge on any atom is -0.416 e. The zero-order valence-electron chi connectivity index (χ0n) is 20.2. The highest BCUT2D eigenvalue weighted by atomic mass is 31.2. The van der Waals surface area contributed by atoms with Crippen LogP contribution in [0.3, 0.4) is 0 Å². The highest BCUT2D eigenvalue weighted by Crippen LogP contribution is 2.56. The van der Waals surface area contributed by atoms with Gasteiger partial charge in [-0.25, -0.2) is 0 Å². The molecule has 1 heterocycles. The van der Waals surface area contributed by atoms with E-state index in [0.29, 0.717) is 5.89 Å². The highest BCUT2D eigenvalue weighted by molar-refractivity contribution is 8.01. The second-order valence-corrected chi connectivity index (χ2v) is 11.7. The van der Waals surface area contributed by atoms with E-state index in [1.165, 1.54) is 15.9 Å². The third-order valence-electron chi connectivity index (χ3n) is 6.41. The molecule has 0 radical (unpaired) electrons. The van der Waals surface area contributed by atoms with Crippen LogP contribution in [-0.2, 0) is 0 Å². The van der Waals surface area contributed by atoms with Crippen molar-refractivity contribution in [2.45, 2.75) is 13.8 Å². The molecule has 0 aliphatic rings. The molecule has 0 saturated heterocycles. The van der Waals surface area contributed by atoms with E-state index in [4.69, 9.17) is 9.40 Å². The molecule has 0 spiro atoms. The van der Waals surface area contributed by atoms with Gasteiger partial charge in [0.1, 0.15) is 15.9 Å². The van der Waals surface area contributed by atoms with Gasteiger partial charge < -0.3 is 9.32 Å². The third kappa shape index (κ3) is 4.17. The molecule has 0 atom stereocenters. The van der Waals surface area contributed by atoms with Crippen LogP contribution in [0, 0.1) is 0 Å². The molecule has 5 aromatic rings. The van der Waals surface area contributed by atoms with Crippen molar-refractivity contribution in [3.8, 4) is 11.5 Å². The summed E-state index contributed by atoms with van der Waals surface area (Å²) in [6.07, 6.45) is 0. The molecule has 0 amide bonds. The maximum atomic E-state index is 6.66. The predicted molar refractivity (Wildman–Crippen MR) is 150 cm³/mol. The largest absolute Gasteiger partial charge is 0.416 e. The Morgan fingerprint density at radius 3 is 1.40 bits per heavy atom. The van der Waals surface area contributed by atoms with Crippen LogP contribution >= 0.6 is 7.26 Å². The minimum absolute atomic E-state index is 0.662. The second kappa shape index (κ2) is 10.3. The molecule has 3 nitrogen and oxygen atoms in total. The van der Waals surface area contributed by atoms with Crippen molar-refractivity contribution in [2.24, 2.45) is 0 Å². The summed E-state index contributed by atoms with van der Waals surface area (Å²) >= 11 is 0. The van der Waals surface area contributed by atoms with Gasteiger partial charge in [0.2, 0.25) is 5.89 Å². The lowest BCUT2D eigenvalue weighted by Gasteiger charge is -2.27. The van der Waals surface area contributed by atoms with Crippen molar-refractivity contribution in [1.29, 1.82) is 0 Å². The van der Waals surface area contributed by atoms with E-state index in [1.807, 2.05) is 18.2 Å². The van der Waals surface area contributed by atoms with E-state index in [2.05, 4.69) is 122 Å². The standard InChI is InChI=1S/C31H30N2OP/c1-3-33(4-2)31-30(32-29(34-31)25-17-9-5-10-18-25)35(26-19-11-6-12-20-26,27-21-13-7-14-22-27)28-23-15-8-16-24-28/h5-24H,3-4H2,1-2H3/q+1. The summed E-state index contributed by atoms with van der Waals surface area (Å²) in [5.74, 6) is 1.52. The fourth-order valence-corrected chi connectivity index (χ4v) is 8.91. The lowest BCUT2D eigenvalue weighted by Crippen LogP contribution is -2.41. The summed E-state index contributed by atoms with van der Waals surface area (Å²) < 4.78 is 6.66. The van der Waals surface area contributed by atoms with Crippen LogP contribution < -0.4 is 26.2 Å². The van der Waals surface area contributed by atoms with Gasteiger partial charge in [0, 0.05) is 18.7 Å². The van der Waals surface area contributed by atoms with Gasteiger partial charge in [0.25, 0.3) is 11.3 Å². The Bertz CT molecular complexity index is 1250. The topological polar surface area (TPSA) is 29.3 Å². The number of benzene rings is 4. The Labute approximate surface area is 208 Å². The van der Waals surface area contributed by atoms with Gasteiger partial charge in [-0.1, -0.05) is 72.8 Å². The Morgan fingerprint density at radius 2 is 1.00 bits per heavy atom. The minimum atomic E-state index is -2.37. The molecule has 0 bridgehead atoms. The summed E-state index contributed by atoms with van der Waals surface area (Å²) in [5, 5.41) is 3.79. The number of aromatic nitrogens is 1. The summed E-state index contributed by atoms with van der Waals surface area (Å²) in [7, 11) is -2.37. The number of hydrogen-bond donors (Lipinski definition) is 0. The van der Waals surface area contributed by atoms with E-state index >= 15 is 0 Å². The van der Waals surface area contributed by atoms with Gasteiger partial charge in [-0.05, 0) is 62.4 Å². The quantitative estimate of drug-likeness (QED) is 0.264. The van der Waals surface area contributed by atoms with Crippen LogP contribution in [0.4, 0.5) is 5.88 Å². The maximum absolute atomic E-state index is 6.66. The average Bonchev–Trinajstić information content (AvgIpc) is 3.38. The van der Waals surface area contributed by atoms with Crippen molar-refractivity contribution in [1.82, 2.24) is 4.98 Å². The molecule has 35 heavy (non-hydrogen) atoms. The zero-order chi connectivity index (χ0) is 24.1. The van der Waals surface area contributed by atoms with Crippen LogP contribution in [0.1, 0.15) is 13.8 Å². The van der Waals surface area contributed by atoms with E-state index < -0.39 is 7.26 Å². The molecular weight excluding hydrogens is 447 g/mol. The Morgan fingerprint density at radius 1 is 0.600 bits per heavy atom. The number of anilines is 1. The summed E-state index contributed by atoms with van der Waals surface area (Å²) in [4.78, 5) is 7.63. The molecule has 0 N–H and O–H groups in total. The van der Waals surface area contributed by atoms with E-state index in [9.17, 15) is 0 Å². The van der Waals surface area contributed by atoms with Crippen molar-refractivity contribution < 1.29 is 4.42 Å².